The maximum absolute atomic E-state index is 13.0. The lowest BCUT2D eigenvalue weighted by atomic mass is 9.87. The molecule has 1 saturated carbocycles. The van der Waals surface area contributed by atoms with Crippen LogP contribution in [0.1, 0.15) is 42.5 Å². The van der Waals surface area contributed by atoms with Crippen LogP contribution in [0, 0.1) is 0 Å². The summed E-state index contributed by atoms with van der Waals surface area (Å²) in [7, 11) is -3.21. The van der Waals surface area contributed by atoms with Crippen molar-refractivity contribution >= 4 is 26.8 Å². The number of hydrogen-bond donors (Lipinski definition) is 1. The van der Waals surface area contributed by atoms with Gasteiger partial charge in [0.05, 0.1) is 21.6 Å². The molecule has 1 aromatic carbocycles. The number of aromatic amines is 1. The molecular formula is C17H20N2O5S. The second kappa shape index (κ2) is 5.72. The van der Waals surface area contributed by atoms with Gasteiger partial charge in [-0.15, -0.1) is 0 Å². The molecule has 25 heavy (non-hydrogen) atoms. The van der Waals surface area contributed by atoms with Crippen molar-refractivity contribution in [1.82, 2.24) is 9.88 Å². The summed E-state index contributed by atoms with van der Waals surface area (Å²) in [6, 6.07) is 4.95. The van der Waals surface area contributed by atoms with E-state index in [0.29, 0.717) is 23.9 Å². The van der Waals surface area contributed by atoms with Gasteiger partial charge in [0.1, 0.15) is 0 Å². The van der Waals surface area contributed by atoms with E-state index in [4.69, 9.17) is 4.42 Å². The molecule has 1 N–H and O–H groups in total. The minimum Gasteiger partial charge on any atom is -0.407 e. The molecule has 0 atom stereocenters. The highest BCUT2D eigenvalue weighted by molar-refractivity contribution is 7.92. The highest BCUT2D eigenvalue weighted by Crippen LogP contribution is 2.39. The number of sulfone groups is 1. The Balaban J connectivity index is 1.69. The number of fused-ring (bicyclic) bond motifs is 1. The Hall–Kier alpha value is -2.09. The number of benzene rings is 1. The number of nitrogens with one attached hydrogen (secondary N) is 1. The number of hydrogen-bond acceptors (Lipinski definition) is 5. The van der Waals surface area contributed by atoms with Crippen molar-refractivity contribution in [2.75, 3.05) is 18.8 Å². The summed E-state index contributed by atoms with van der Waals surface area (Å²) in [5.74, 6) is -0.903. The third-order valence-corrected chi connectivity index (χ3v) is 8.07. The molecule has 2 aromatic rings. The second-order valence-corrected chi connectivity index (χ2v) is 9.49. The number of H-pyrrole nitrogens is 1. The SMILES string of the molecule is O=C(c1cccc2[nH]c(=O)oc12)N1CCS(=O)(=O)C2(CCCCC2)C1. The maximum Gasteiger partial charge on any atom is 0.417 e. The van der Waals surface area contributed by atoms with Crippen molar-refractivity contribution < 1.29 is 17.6 Å². The van der Waals surface area contributed by atoms with Gasteiger partial charge in [-0.25, -0.2) is 13.2 Å². The zero-order valence-corrected chi connectivity index (χ0v) is 14.6. The first-order valence-corrected chi connectivity index (χ1v) is 10.2. The molecule has 134 valence electrons. The van der Waals surface area contributed by atoms with Crippen LogP contribution in [-0.4, -0.2) is 47.8 Å². The Morgan fingerprint density at radius 1 is 1.20 bits per heavy atom. The molecule has 1 saturated heterocycles. The minimum absolute atomic E-state index is 0.00813. The van der Waals surface area contributed by atoms with E-state index in [1.54, 1.807) is 23.1 Å². The summed E-state index contributed by atoms with van der Waals surface area (Å²) in [5.41, 5.74) is 0.984. The van der Waals surface area contributed by atoms with E-state index >= 15 is 0 Å². The third-order valence-electron chi connectivity index (χ3n) is 5.50. The van der Waals surface area contributed by atoms with Gasteiger partial charge < -0.3 is 9.32 Å². The van der Waals surface area contributed by atoms with Crippen LogP contribution in [0.5, 0.6) is 0 Å². The van der Waals surface area contributed by atoms with Crippen LogP contribution in [0.15, 0.2) is 27.4 Å². The fourth-order valence-corrected chi connectivity index (χ4v) is 6.28. The van der Waals surface area contributed by atoms with Crippen molar-refractivity contribution in [3.05, 3.63) is 34.3 Å². The lowest BCUT2D eigenvalue weighted by Gasteiger charge is -2.44. The molecule has 0 unspecified atom stereocenters. The summed E-state index contributed by atoms with van der Waals surface area (Å²) < 4.78 is 29.7. The molecule has 1 aliphatic carbocycles. The predicted molar refractivity (Wildman–Crippen MR) is 92.3 cm³/mol. The van der Waals surface area contributed by atoms with Gasteiger partial charge in [0, 0.05) is 13.1 Å². The van der Waals surface area contributed by atoms with Crippen LogP contribution in [-0.2, 0) is 9.84 Å². The molecule has 2 aliphatic rings. The fourth-order valence-electron chi connectivity index (χ4n) is 4.12. The molecule has 1 aliphatic heterocycles. The highest BCUT2D eigenvalue weighted by Gasteiger charge is 2.49. The van der Waals surface area contributed by atoms with Gasteiger partial charge in [0.15, 0.2) is 15.4 Å². The Kier molecular flexibility index (Phi) is 3.75. The Morgan fingerprint density at radius 2 is 1.96 bits per heavy atom. The van der Waals surface area contributed by atoms with E-state index in [2.05, 4.69) is 4.98 Å². The van der Waals surface area contributed by atoms with Crippen LogP contribution in [0.3, 0.4) is 0 Å². The summed E-state index contributed by atoms with van der Waals surface area (Å²) in [6.45, 7) is 0.396. The minimum atomic E-state index is -3.21. The second-order valence-electron chi connectivity index (χ2n) is 6.99. The van der Waals surface area contributed by atoms with Gasteiger partial charge in [-0.05, 0) is 25.0 Å². The van der Waals surface area contributed by atoms with Gasteiger partial charge in [-0.3, -0.25) is 9.78 Å². The molecule has 1 aromatic heterocycles. The predicted octanol–water partition coefficient (Wildman–Crippen LogP) is 1.69. The summed E-state index contributed by atoms with van der Waals surface area (Å²) in [6.07, 6.45) is 4.02. The number of carbonyl (C=O) groups excluding carboxylic acids is 1. The molecule has 2 fully saturated rings. The molecule has 1 amide bonds. The van der Waals surface area contributed by atoms with Crippen LogP contribution in [0.2, 0.25) is 0 Å². The van der Waals surface area contributed by atoms with E-state index in [9.17, 15) is 18.0 Å². The van der Waals surface area contributed by atoms with E-state index in [-0.39, 0.29) is 30.3 Å². The number of nitrogens with zero attached hydrogens (tertiary/aromatic N) is 1. The molecule has 1 spiro atoms. The Bertz CT molecular complexity index is 982. The molecular weight excluding hydrogens is 344 g/mol. The van der Waals surface area contributed by atoms with Crippen molar-refractivity contribution in [2.24, 2.45) is 0 Å². The monoisotopic (exact) mass is 364 g/mol. The number of rotatable bonds is 1. The first kappa shape index (κ1) is 16.4. The largest absolute Gasteiger partial charge is 0.417 e. The zero-order chi connectivity index (χ0) is 17.7. The van der Waals surface area contributed by atoms with Crippen LogP contribution >= 0.6 is 0 Å². The van der Waals surface area contributed by atoms with Gasteiger partial charge in [0.25, 0.3) is 5.91 Å². The number of para-hydroxylation sites is 1. The first-order valence-electron chi connectivity index (χ1n) is 8.55. The Morgan fingerprint density at radius 3 is 2.72 bits per heavy atom. The lowest BCUT2D eigenvalue weighted by Crippen LogP contribution is -2.58. The molecule has 0 bridgehead atoms. The smallest absolute Gasteiger partial charge is 0.407 e. The van der Waals surface area contributed by atoms with Gasteiger partial charge in [-0.2, -0.15) is 0 Å². The fraction of sp³-hybridized carbons (Fsp3) is 0.529. The molecule has 0 radical (unpaired) electrons. The molecule has 8 heteroatoms. The topological polar surface area (TPSA) is 100 Å². The maximum atomic E-state index is 13.0. The van der Waals surface area contributed by atoms with Crippen LogP contribution in [0.4, 0.5) is 0 Å². The number of aromatic nitrogens is 1. The Labute approximate surface area is 144 Å². The van der Waals surface area contributed by atoms with Crippen molar-refractivity contribution in [2.45, 2.75) is 36.9 Å². The summed E-state index contributed by atoms with van der Waals surface area (Å²) in [5, 5.41) is 0. The summed E-state index contributed by atoms with van der Waals surface area (Å²) in [4.78, 5) is 28.6. The average molecular weight is 364 g/mol. The number of amides is 1. The van der Waals surface area contributed by atoms with Crippen molar-refractivity contribution in [3.8, 4) is 0 Å². The van der Waals surface area contributed by atoms with Gasteiger partial charge in [0.2, 0.25) is 0 Å². The molecule has 2 heterocycles. The van der Waals surface area contributed by atoms with Gasteiger partial charge >= 0.3 is 5.76 Å². The molecule has 4 rings (SSSR count). The normalized spacial score (nSPS) is 22.3. The standard InChI is InChI=1S/C17H20N2O5S/c20-15(12-5-4-6-13-14(12)24-16(21)18-13)19-9-10-25(22,23)17(11-19)7-2-1-3-8-17/h4-6H,1-3,7-11H2,(H,18,21). The van der Waals surface area contributed by atoms with E-state index in [1.807, 2.05) is 0 Å². The average Bonchev–Trinajstić information content (AvgIpc) is 2.98. The van der Waals surface area contributed by atoms with Crippen LogP contribution < -0.4 is 5.76 Å². The van der Waals surface area contributed by atoms with E-state index in [1.165, 1.54) is 0 Å². The van der Waals surface area contributed by atoms with Crippen molar-refractivity contribution in [1.29, 1.82) is 0 Å². The first-order chi connectivity index (χ1) is 11.9. The van der Waals surface area contributed by atoms with Crippen LogP contribution in [0.25, 0.3) is 11.1 Å². The summed E-state index contributed by atoms with van der Waals surface area (Å²) >= 11 is 0. The number of carbonyl (C=O) groups is 1. The van der Waals surface area contributed by atoms with Crippen molar-refractivity contribution in [3.63, 3.8) is 0 Å². The highest BCUT2D eigenvalue weighted by atomic mass is 32.2. The third kappa shape index (κ3) is 2.59. The molecule has 7 nitrogen and oxygen atoms in total. The van der Waals surface area contributed by atoms with Gasteiger partial charge in [-0.1, -0.05) is 25.3 Å². The number of oxazole rings is 1. The quantitative estimate of drug-likeness (QED) is 0.830. The van der Waals surface area contributed by atoms with E-state index in [0.717, 1.165) is 19.3 Å². The zero-order valence-electron chi connectivity index (χ0n) is 13.8. The lowest BCUT2D eigenvalue weighted by molar-refractivity contribution is 0.0724. The van der Waals surface area contributed by atoms with E-state index < -0.39 is 20.3 Å².